The van der Waals surface area contributed by atoms with Crippen LogP contribution < -0.4 is 11.0 Å². The Morgan fingerprint density at radius 1 is 1.15 bits per heavy atom. The lowest BCUT2D eigenvalue weighted by Gasteiger charge is -2.12. The number of nitrogens with one attached hydrogen (secondary N) is 1. The Hall–Kier alpha value is -3.65. The number of halogens is 1. The molecule has 0 saturated heterocycles. The molecule has 1 amide bonds. The van der Waals surface area contributed by atoms with E-state index in [1.165, 1.54) is 17.2 Å². The fourth-order valence-electron chi connectivity index (χ4n) is 4.18. The van der Waals surface area contributed by atoms with E-state index in [-0.39, 0.29) is 11.1 Å². The van der Waals surface area contributed by atoms with Crippen molar-refractivity contribution in [1.29, 1.82) is 0 Å². The summed E-state index contributed by atoms with van der Waals surface area (Å²) in [6.07, 6.45) is 5.43. The molecule has 2 aromatic carbocycles. The van der Waals surface area contributed by atoms with Crippen molar-refractivity contribution in [3.8, 4) is 5.69 Å². The normalized spacial score (nSPS) is 13.4. The molecule has 0 fully saturated rings. The third-order valence-corrected chi connectivity index (χ3v) is 7.00. The van der Waals surface area contributed by atoms with Crippen molar-refractivity contribution in [2.75, 3.05) is 0 Å². The summed E-state index contributed by atoms with van der Waals surface area (Å²) in [6.45, 7) is 1.82. The Bertz CT molecular complexity index is 1450. The number of aryl methyl sites for hydroxylation is 3. The van der Waals surface area contributed by atoms with E-state index in [1.807, 2.05) is 6.92 Å². The SMILES string of the molecule is Cc1nc2sc3c(c2c(=O)n1-c1ccc(C(=O)N/N=C\c2ccccc2F)cc1)CCCC3. The minimum absolute atomic E-state index is 0.0661. The van der Waals surface area contributed by atoms with Gasteiger partial charge in [0.15, 0.2) is 0 Å². The van der Waals surface area contributed by atoms with Crippen LogP contribution in [0, 0.1) is 12.7 Å². The van der Waals surface area contributed by atoms with E-state index in [0.717, 1.165) is 41.5 Å². The van der Waals surface area contributed by atoms with Crippen LogP contribution in [0.3, 0.4) is 0 Å². The molecule has 5 rings (SSSR count). The van der Waals surface area contributed by atoms with Gasteiger partial charge < -0.3 is 0 Å². The highest BCUT2D eigenvalue weighted by molar-refractivity contribution is 7.18. The first kappa shape index (κ1) is 21.2. The van der Waals surface area contributed by atoms with E-state index >= 15 is 0 Å². The van der Waals surface area contributed by atoms with Gasteiger partial charge >= 0.3 is 0 Å². The number of hydrogen-bond donors (Lipinski definition) is 1. The largest absolute Gasteiger partial charge is 0.271 e. The van der Waals surface area contributed by atoms with Crippen molar-refractivity contribution in [2.24, 2.45) is 5.10 Å². The van der Waals surface area contributed by atoms with E-state index in [9.17, 15) is 14.0 Å². The molecule has 6 nitrogen and oxygen atoms in total. The molecular formula is C25H21FN4O2S. The Morgan fingerprint density at radius 3 is 2.70 bits per heavy atom. The second-order valence-corrected chi connectivity index (χ2v) is 9.04. The maximum atomic E-state index is 13.6. The van der Waals surface area contributed by atoms with Gasteiger partial charge in [-0.2, -0.15) is 5.10 Å². The highest BCUT2D eigenvalue weighted by atomic mass is 32.1. The van der Waals surface area contributed by atoms with Gasteiger partial charge in [-0.05, 0) is 68.5 Å². The minimum atomic E-state index is -0.432. The lowest BCUT2D eigenvalue weighted by Crippen LogP contribution is -2.23. The first-order valence-corrected chi connectivity index (χ1v) is 11.6. The molecule has 0 aliphatic heterocycles. The summed E-state index contributed by atoms with van der Waals surface area (Å²) in [5.41, 5.74) is 4.78. The predicted octanol–water partition coefficient (Wildman–Crippen LogP) is 4.54. The highest BCUT2D eigenvalue weighted by Gasteiger charge is 2.21. The first-order valence-electron chi connectivity index (χ1n) is 10.7. The van der Waals surface area contributed by atoms with E-state index in [2.05, 4.69) is 10.5 Å². The fourth-order valence-corrected chi connectivity index (χ4v) is 5.47. The number of carbonyl (C=O) groups is 1. The third kappa shape index (κ3) is 3.98. The van der Waals surface area contributed by atoms with Crippen molar-refractivity contribution < 1.29 is 9.18 Å². The van der Waals surface area contributed by atoms with Crippen molar-refractivity contribution in [3.05, 3.63) is 92.1 Å². The van der Waals surface area contributed by atoms with Crippen LogP contribution in [0.2, 0.25) is 0 Å². The zero-order valence-electron chi connectivity index (χ0n) is 18.0. The standard InChI is InChI=1S/C25H21FN4O2S/c1-15-28-24-22(19-7-3-5-9-21(19)33-24)25(32)30(15)18-12-10-16(11-13-18)23(31)29-27-14-17-6-2-4-8-20(17)26/h2,4,6,8,10-14H,3,5,7,9H2,1H3,(H,29,31)/b27-14-. The number of nitrogens with zero attached hydrogens (tertiary/aromatic N) is 3. The number of amides is 1. The Morgan fingerprint density at radius 2 is 1.91 bits per heavy atom. The van der Waals surface area contributed by atoms with Crippen LogP contribution in [-0.2, 0) is 12.8 Å². The second-order valence-electron chi connectivity index (χ2n) is 7.96. The van der Waals surface area contributed by atoms with Crippen LogP contribution in [0.4, 0.5) is 4.39 Å². The van der Waals surface area contributed by atoms with Crippen molar-refractivity contribution in [3.63, 3.8) is 0 Å². The number of hydrogen-bond acceptors (Lipinski definition) is 5. The van der Waals surface area contributed by atoms with Crippen molar-refractivity contribution in [2.45, 2.75) is 32.6 Å². The summed E-state index contributed by atoms with van der Waals surface area (Å²) in [5.74, 6) is -0.241. The average Bonchev–Trinajstić information content (AvgIpc) is 3.19. The van der Waals surface area contributed by atoms with Gasteiger partial charge in [0.05, 0.1) is 17.3 Å². The van der Waals surface area contributed by atoms with Crippen LogP contribution in [0.5, 0.6) is 0 Å². The zero-order valence-corrected chi connectivity index (χ0v) is 18.8. The predicted molar refractivity (Wildman–Crippen MR) is 128 cm³/mol. The monoisotopic (exact) mass is 460 g/mol. The summed E-state index contributed by atoms with van der Waals surface area (Å²) in [7, 11) is 0. The van der Waals surface area contributed by atoms with E-state index < -0.39 is 11.7 Å². The maximum Gasteiger partial charge on any atom is 0.271 e. The molecule has 0 unspecified atom stereocenters. The number of hydrazone groups is 1. The van der Waals surface area contributed by atoms with Gasteiger partial charge in [0.2, 0.25) is 0 Å². The van der Waals surface area contributed by atoms with Gasteiger partial charge in [-0.15, -0.1) is 11.3 Å². The molecule has 1 aliphatic carbocycles. The highest BCUT2D eigenvalue weighted by Crippen LogP contribution is 2.34. The molecule has 166 valence electrons. The lowest BCUT2D eigenvalue weighted by molar-refractivity contribution is 0.0955. The maximum absolute atomic E-state index is 13.6. The molecule has 1 N–H and O–H groups in total. The molecule has 2 heterocycles. The molecule has 0 atom stereocenters. The minimum Gasteiger partial charge on any atom is -0.268 e. The number of thiophene rings is 1. The average molecular weight is 461 g/mol. The number of fused-ring (bicyclic) bond motifs is 3. The summed E-state index contributed by atoms with van der Waals surface area (Å²) < 4.78 is 15.2. The summed E-state index contributed by atoms with van der Waals surface area (Å²) in [4.78, 5) is 32.6. The Balaban J connectivity index is 1.41. The van der Waals surface area contributed by atoms with E-state index in [1.54, 1.807) is 58.4 Å². The van der Waals surface area contributed by atoms with Gasteiger partial charge in [0.25, 0.3) is 11.5 Å². The topological polar surface area (TPSA) is 76.3 Å². The zero-order chi connectivity index (χ0) is 22.9. The number of benzene rings is 2. The molecule has 8 heteroatoms. The molecule has 0 spiro atoms. The molecule has 1 aliphatic rings. The van der Waals surface area contributed by atoms with Gasteiger partial charge in [0.1, 0.15) is 16.5 Å². The van der Waals surface area contributed by atoms with Gasteiger partial charge in [0, 0.05) is 16.0 Å². The van der Waals surface area contributed by atoms with Crippen LogP contribution in [0.15, 0.2) is 58.4 Å². The molecular weight excluding hydrogens is 439 g/mol. The summed E-state index contributed by atoms with van der Waals surface area (Å²) in [6, 6.07) is 12.9. The number of rotatable bonds is 4. The summed E-state index contributed by atoms with van der Waals surface area (Å²) >= 11 is 1.63. The van der Waals surface area contributed by atoms with Crippen molar-refractivity contribution in [1.82, 2.24) is 15.0 Å². The van der Waals surface area contributed by atoms with E-state index in [0.29, 0.717) is 17.1 Å². The van der Waals surface area contributed by atoms with Crippen LogP contribution >= 0.6 is 11.3 Å². The first-order chi connectivity index (χ1) is 16.0. The third-order valence-electron chi connectivity index (χ3n) is 5.82. The van der Waals surface area contributed by atoms with Crippen LogP contribution in [-0.4, -0.2) is 21.7 Å². The van der Waals surface area contributed by atoms with E-state index in [4.69, 9.17) is 4.98 Å². The second kappa shape index (κ2) is 8.71. The number of aromatic nitrogens is 2. The van der Waals surface area contributed by atoms with Crippen LogP contribution in [0.25, 0.3) is 15.9 Å². The molecule has 4 aromatic rings. The molecule has 33 heavy (non-hydrogen) atoms. The molecule has 0 bridgehead atoms. The molecule has 0 saturated carbocycles. The number of carbonyl (C=O) groups excluding carboxylic acids is 1. The smallest absolute Gasteiger partial charge is 0.268 e. The van der Waals surface area contributed by atoms with Gasteiger partial charge in [-0.1, -0.05) is 18.2 Å². The molecule has 0 radical (unpaired) electrons. The fraction of sp³-hybridized carbons (Fsp3) is 0.200. The van der Waals surface area contributed by atoms with Gasteiger partial charge in [-0.25, -0.2) is 14.8 Å². The Kier molecular flexibility index (Phi) is 5.60. The Labute approximate surface area is 193 Å². The van der Waals surface area contributed by atoms with Gasteiger partial charge in [-0.3, -0.25) is 14.2 Å². The van der Waals surface area contributed by atoms with Crippen molar-refractivity contribution >= 4 is 33.7 Å². The molecule has 2 aromatic heterocycles. The van der Waals surface area contributed by atoms with Crippen LogP contribution in [0.1, 0.15) is 45.0 Å². The summed E-state index contributed by atoms with van der Waals surface area (Å²) in [5, 5.41) is 4.55. The quantitative estimate of drug-likeness (QED) is 0.359. The lowest BCUT2D eigenvalue weighted by atomic mass is 9.97.